The molecule has 1 aliphatic heterocycles. The van der Waals surface area contributed by atoms with Gasteiger partial charge in [0.15, 0.2) is 0 Å². The lowest BCUT2D eigenvalue weighted by Crippen LogP contribution is -2.30. The molecule has 0 spiro atoms. The lowest BCUT2D eigenvalue weighted by atomic mass is 9.95. The van der Waals surface area contributed by atoms with E-state index < -0.39 is 23.5 Å². The van der Waals surface area contributed by atoms with Gasteiger partial charge in [-0.05, 0) is 83.8 Å². The first kappa shape index (κ1) is 23.4. The minimum Gasteiger partial charge on any atom is -0.385 e. The normalized spacial score (nSPS) is 17.9. The molecule has 0 saturated carbocycles. The fraction of sp³-hybridized carbons (Fsp3) is 0.435. The zero-order valence-corrected chi connectivity index (χ0v) is 18.5. The molecule has 3 aromatic rings. The number of fused-ring (bicyclic) bond motifs is 2. The van der Waals surface area contributed by atoms with Gasteiger partial charge >= 0.3 is 12.4 Å². The van der Waals surface area contributed by atoms with Crippen molar-refractivity contribution >= 4 is 11.6 Å². The van der Waals surface area contributed by atoms with Crippen molar-refractivity contribution in [3.8, 4) is 0 Å². The first-order valence-electron chi connectivity index (χ1n) is 11.3. The van der Waals surface area contributed by atoms with Gasteiger partial charge in [-0.15, -0.1) is 5.10 Å². The second-order valence-electron chi connectivity index (χ2n) is 8.90. The van der Waals surface area contributed by atoms with E-state index in [0.29, 0.717) is 13.0 Å². The Labute approximate surface area is 196 Å². The molecule has 0 bridgehead atoms. The van der Waals surface area contributed by atoms with Crippen molar-refractivity contribution in [2.24, 2.45) is 0 Å². The van der Waals surface area contributed by atoms with Gasteiger partial charge in [-0.1, -0.05) is 11.2 Å². The van der Waals surface area contributed by atoms with E-state index in [1.165, 1.54) is 11.1 Å². The van der Waals surface area contributed by atoms with Gasteiger partial charge in [0.1, 0.15) is 0 Å². The van der Waals surface area contributed by atoms with Gasteiger partial charge in [0.05, 0.1) is 17.2 Å². The van der Waals surface area contributed by atoms with Crippen LogP contribution in [0, 0.1) is 0 Å². The van der Waals surface area contributed by atoms with E-state index in [9.17, 15) is 26.3 Å². The Bertz CT molecular complexity index is 1170. The van der Waals surface area contributed by atoms with Crippen LogP contribution in [-0.4, -0.2) is 27.2 Å². The molecule has 1 atom stereocenters. The number of aryl methyl sites for hydroxylation is 2. The Kier molecular flexibility index (Phi) is 5.84. The predicted octanol–water partition coefficient (Wildman–Crippen LogP) is 5.68. The molecule has 5 rings (SSSR count). The number of anilines is 2. The third-order valence-electron chi connectivity index (χ3n) is 6.56. The van der Waals surface area contributed by atoms with Crippen LogP contribution in [0.3, 0.4) is 0 Å². The fourth-order valence-corrected chi connectivity index (χ4v) is 4.98. The number of nitrogens with zero attached hydrogens (tertiary/aromatic N) is 4. The maximum atomic E-state index is 13.5. The molecule has 6 nitrogen and oxygen atoms in total. The van der Waals surface area contributed by atoms with E-state index in [2.05, 4.69) is 38.1 Å². The summed E-state index contributed by atoms with van der Waals surface area (Å²) in [6, 6.07) is 5.47. The number of alkyl halides is 6. The summed E-state index contributed by atoms with van der Waals surface area (Å²) in [5.41, 5.74) is 1.47. The van der Waals surface area contributed by atoms with Crippen LogP contribution in [0.25, 0.3) is 0 Å². The molecule has 1 aromatic heterocycles. The molecular formula is C23H22F6N6. The van der Waals surface area contributed by atoms with Crippen LogP contribution in [-0.2, 0) is 31.7 Å². The standard InChI is InChI=1S/C23H22F6N6/c24-22(25,26)16-7-13(8-17(11-16)23(27,28)29)12-35(21-31-33-34-32-21)20-5-2-6-30-19-10-15-4-1-3-14(15)9-18(19)20/h7-11,20,30H,1-6,12H2,(H,31,32,33,34)/t20-/m0/s1. The van der Waals surface area contributed by atoms with Crippen molar-refractivity contribution in [2.75, 3.05) is 16.8 Å². The van der Waals surface area contributed by atoms with E-state index in [-0.39, 0.29) is 30.2 Å². The highest BCUT2D eigenvalue weighted by Gasteiger charge is 2.38. The van der Waals surface area contributed by atoms with Gasteiger partial charge in [-0.3, -0.25) is 0 Å². The van der Waals surface area contributed by atoms with Gasteiger partial charge in [0.2, 0.25) is 0 Å². The Balaban J connectivity index is 1.59. The van der Waals surface area contributed by atoms with Crippen molar-refractivity contribution in [3.05, 3.63) is 63.7 Å². The van der Waals surface area contributed by atoms with E-state index in [0.717, 1.165) is 49.1 Å². The highest BCUT2D eigenvalue weighted by molar-refractivity contribution is 5.60. The first-order valence-corrected chi connectivity index (χ1v) is 11.3. The van der Waals surface area contributed by atoms with E-state index in [1.54, 1.807) is 4.90 Å². The summed E-state index contributed by atoms with van der Waals surface area (Å²) in [6.07, 6.45) is -5.54. The van der Waals surface area contributed by atoms with Crippen LogP contribution in [0.4, 0.5) is 38.0 Å². The molecule has 12 heteroatoms. The number of aromatic amines is 1. The minimum atomic E-state index is -4.92. The molecule has 2 heterocycles. The molecule has 2 aromatic carbocycles. The van der Waals surface area contributed by atoms with Gasteiger partial charge in [0.25, 0.3) is 5.95 Å². The quantitative estimate of drug-likeness (QED) is 0.455. The second-order valence-corrected chi connectivity index (χ2v) is 8.90. The number of benzene rings is 2. The van der Waals surface area contributed by atoms with Crippen LogP contribution >= 0.6 is 0 Å². The second kappa shape index (κ2) is 8.72. The molecule has 0 unspecified atom stereocenters. The number of halogens is 6. The average molecular weight is 496 g/mol. The zero-order valence-electron chi connectivity index (χ0n) is 18.5. The number of H-pyrrole nitrogens is 1. The van der Waals surface area contributed by atoms with Crippen LogP contribution in [0.15, 0.2) is 30.3 Å². The van der Waals surface area contributed by atoms with Gasteiger partial charge < -0.3 is 10.2 Å². The Morgan fingerprint density at radius 1 is 0.886 bits per heavy atom. The van der Waals surface area contributed by atoms with Gasteiger partial charge in [0, 0.05) is 18.8 Å². The molecular weight excluding hydrogens is 474 g/mol. The number of nitrogens with one attached hydrogen (secondary N) is 2. The van der Waals surface area contributed by atoms with Gasteiger partial charge in [-0.25, -0.2) is 0 Å². The largest absolute Gasteiger partial charge is 0.416 e. The summed E-state index contributed by atoms with van der Waals surface area (Å²) >= 11 is 0. The molecule has 186 valence electrons. The van der Waals surface area contributed by atoms with Crippen molar-refractivity contribution in [2.45, 2.75) is 57.0 Å². The molecule has 2 aliphatic rings. The summed E-state index contributed by atoms with van der Waals surface area (Å²) in [6.45, 7) is 0.442. The Morgan fingerprint density at radius 3 is 2.20 bits per heavy atom. The lowest BCUT2D eigenvalue weighted by molar-refractivity contribution is -0.143. The number of rotatable bonds is 4. The van der Waals surface area contributed by atoms with Crippen LogP contribution in [0.1, 0.15) is 58.7 Å². The number of tetrazole rings is 1. The summed E-state index contributed by atoms with van der Waals surface area (Å²) < 4.78 is 80.7. The summed E-state index contributed by atoms with van der Waals surface area (Å²) in [7, 11) is 0. The topological polar surface area (TPSA) is 69.7 Å². The molecule has 1 aliphatic carbocycles. The van der Waals surface area contributed by atoms with Gasteiger partial charge in [-0.2, -0.15) is 31.6 Å². The highest BCUT2D eigenvalue weighted by Crippen LogP contribution is 2.41. The highest BCUT2D eigenvalue weighted by atomic mass is 19.4. The predicted molar refractivity (Wildman–Crippen MR) is 116 cm³/mol. The number of aromatic nitrogens is 4. The van der Waals surface area contributed by atoms with Crippen LogP contribution in [0.2, 0.25) is 0 Å². The summed E-state index contributed by atoms with van der Waals surface area (Å²) in [4.78, 5) is 1.63. The average Bonchev–Trinajstić information content (AvgIpc) is 3.44. The number of hydrogen-bond donors (Lipinski definition) is 2. The third kappa shape index (κ3) is 4.78. The third-order valence-corrected chi connectivity index (χ3v) is 6.56. The zero-order chi connectivity index (χ0) is 24.8. The van der Waals surface area contributed by atoms with E-state index >= 15 is 0 Å². The van der Waals surface area contributed by atoms with Crippen LogP contribution < -0.4 is 10.2 Å². The minimum absolute atomic E-state index is 0.106. The van der Waals surface area contributed by atoms with Crippen molar-refractivity contribution in [1.82, 2.24) is 20.6 Å². The molecule has 0 saturated heterocycles. The Morgan fingerprint density at radius 2 is 1.57 bits per heavy atom. The molecule has 0 radical (unpaired) electrons. The molecule has 0 fully saturated rings. The Hall–Kier alpha value is -3.31. The maximum absolute atomic E-state index is 13.5. The monoisotopic (exact) mass is 496 g/mol. The maximum Gasteiger partial charge on any atom is 0.416 e. The van der Waals surface area contributed by atoms with Crippen molar-refractivity contribution < 1.29 is 26.3 Å². The van der Waals surface area contributed by atoms with E-state index in [4.69, 9.17) is 0 Å². The smallest absolute Gasteiger partial charge is 0.385 e. The SMILES string of the molecule is FC(F)(F)c1cc(CN(c2nn[nH]n2)[C@H]2CCCNc3cc4c(cc32)CCC4)cc(C(F)(F)F)c1. The summed E-state index contributed by atoms with van der Waals surface area (Å²) in [5, 5.41) is 17.4. The van der Waals surface area contributed by atoms with E-state index in [1.807, 2.05) is 0 Å². The molecule has 0 amide bonds. The van der Waals surface area contributed by atoms with Crippen LogP contribution in [0.5, 0.6) is 0 Å². The first-order chi connectivity index (χ1) is 16.6. The van der Waals surface area contributed by atoms with Crippen molar-refractivity contribution in [3.63, 3.8) is 0 Å². The molecule has 35 heavy (non-hydrogen) atoms. The molecule has 2 N–H and O–H groups in total. The lowest BCUT2D eigenvalue weighted by Gasteiger charge is -2.32. The fourth-order valence-electron chi connectivity index (χ4n) is 4.98. The number of hydrogen-bond acceptors (Lipinski definition) is 5. The van der Waals surface area contributed by atoms with Crippen molar-refractivity contribution in [1.29, 1.82) is 0 Å². The summed E-state index contributed by atoms with van der Waals surface area (Å²) in [5.74, 6) is 0.106.